The largest absolute Gasteiger partial charge is 0.480 e. The van der Waals surface area contributed by atoms with Crippen molar-refractivity contribution in [3.63, 3.8) is 0 Å². The van der Waals surface area contributed by atoms with E-state index < -0.39 is 128 Å². The number of amides is 12. The van der Waals surface area contributed by atoms with E-state index in [1.807, 2.05) is 0 Å². The molecule has 26 heteroatoms. The number of carboxylic acids is 2. The lowest BCUT2D eigenvalue weighted by molar-refractivity contribution is -0.163. The second-order valence-corrected chi connectivity index (χ2v) is 22.0. The Morgan fingerprint density at radius 3 is 1.53 bits per heavy atom. The third kappa shape index (κ3) is 9.75. The molecule has 0 aromatic heterocycles. The van der Waals surface area contributed by atoms with Gasteiger partial charge in [0.2, 0.25) is 23.6 Å². The minimum absolute atomic E-state index is 0.0250. The predicted molar refractivity (Wildman–Crippen MR) is 255 cm³/mol. The number of piperazine rings is 2. The zero-order valence-corrected chi connectivity index (χ0v) is 41.6. The Labute approximate surface area is 420 Å². The third-order valence-corrected chi connectivity index (χ3v) is 16.3. The molecule has 2 unspecified atom stereocenters. The van der Waals surface area contributed by atoms with Crippen molar-refractivity contribution in [2.75, 3.05) is 39.3 Å². The molecule has 5 aliphatic heterocycles. The molecule has 8 atom stereocenters. The summed E-state index contributed by atoms with van der Waals surface area (Å²) in [5.41, 5.74) is 0.400. The van der Waals surface area contributed by atoms with Crippen LogP contribution >= 0.6 is 23.5 Å². The van der Waals surface area contributed by atoms with Gasteiger partial charge in [0.05, 0.1) is 0 Å². The number of β-lactam (4-membered cyclic amide) rings is 1. The first-order valence-electron chi connectivity index (χ1n) is 22.9. The van der Waals surface area contributed by atoms with Gasteiger partial charge in [0, 0.05) is 48.8 Å². The maximum absolute atomic E-state index is 15.2. The highest BCUT2D eigenvalue weighted by atomic mass is 32.2. The van der Waals surface area contributed by atoms with Crippen molar-refractivity contribution in [2.24, 2.45) is 0 Å². The minimum Gasteiger partial charge on any atom is -0.480 e. The van der Waals surface area contributed by atoms with Crippen molar-refractivity contribution < 1.29 is 67.7 Å². The number of carbonyl (C=O) groups is 12. The number of carbonyl (C=O) groups excluding carboxylic acids is 10. The molecule has 72 heavy (non-hydrogen) atoms. The Balaban J connectivity index is 1.13. The summed E-state index contributed by atoms with van der Waals surface area (Å²) in [5.74, 6) is -11.0. The Morgan fingerprint density at radius 2 is 1.08 bits per heavy atom. The lowest BCUT2D eigenvalue weighted by Crippen LogP contribution is -2.73. The number of rotatable bonds is 14. The lowest BCUT2D eigenvalue weighted by atomic mass is 9.92. The van der Waals surface area contributed by atoms with Gasteiger partial charge < -0.3 is 51.1 Å². The molecule has 0 saturated carbocycles. The van der Waals surface area contributed by atoms with Gasteiger partial charge in [-0.25, -0.2) is 19.2 Å². The van der Waals surface area contributed by atoms with E-state index in [2.05, 4.69) is 21.3 Å². The maximum Gasteiger partial charge on any atom is 0.329 e. The normalized spacial score (nSPS) is 24.7. The van der Waals surface area contributed by atoms with Crippen molar-refractivity contribution in [3.8, 4) is 0 Å². The van der Waals surface area contributed by atoms with Crippen LogP contribution in [0.15, 0.2) is 60.7 Å². The first-order chi connectivity index (χ1) is 33.9. The molecule has 384 valence electrons. The molecule has 0 aliphatic carbocycles. The summed E-state index contributed by atoms with van der Waals surface area (Å²) in [6.07, 6.45) is 0. The van der Waals surface area contributed by atoms with E-state index in [1.165, 1.54) is 64.9 Å². The number of urea groups is 2. The summed E-state index contributed by atoms with van der Waals surface area (Å²) in [6, 6.07) is 3.60. The lowest BCUT2D eigenvalue weighted by Gasteiger charge is -2.46. The van der Waals surface area contributed by atoms with Crippen LogP contribution in [0.4, 0.5) is 9.59 Å². The van der Waals surface area contributed by atoms with Gasteiger partial charge in [-0.15, -0.1) is 23.5 Å². The molecule has 2 aromatic carbocycles. The number of carboxylic acid groups (broad SMARTS) is 2. The number of hydrogen-bond acceptors (Lipinski definition) is 14. The van der Waals surface area contributed by atoms with E-state index >= 15 is 4.79 Å². The number of likely N-dealkylation sites (N-methyl/N-ethyl adjacent to an activating group) is 2. The molecule has 5 aliphatic rings. The predicted octanol–water partition coefficient (Wildman–Crippen LogP) is -0.481. The molecule has 5 saturated heterocycles. The first-order valence-corrected chi connectivity index (χ1v) is 24.7. The number of hydrogen-bond donors (Lipinski definition) is 6. The van der Waals surface area contributed by atoms with Crippen LogP contribution in [0, 0.1) is 0 Å². The van der Waals surface area contributed by atoms with E-state index in [0.717, 1.165) is 28.4 Å². The molecule has 24 nitrogen and oxygen atoms in total. The molecule has 2 aromatic rings. The molecule has 7 rings (SSSR count). The highest BCUT2D eigenvalue weighted by Crippen LogP contribution is 2.54. The van der Waals surface area contributed by atoms with E-state index in [4.69, 9.17) is 0 Å². The molecule has 6 N–H and O–H groups in total. The van der Waals surface area contributed by atoms with Crippen LogP contribution in [0.3, 0.4) is 0 Å². The second-order valence-electron chi connectivity index (χ2n) is 18.4. The van der Waals surface area contributed by atoms with Gasteiger partial charge >= 0.3 is 47.6 Å². The number of fused-ring (bicyclic) bond motifs is 1. The number of thioether (sulfide) groups is 2. The Kier molecular flexibility index (Phi) is 15.0. The van der Waals surface area contributed by atoms with Crippen molar-refractivity contribution in [1.82, 2.24) is 50.7 Å². The van der Waals surface area contributed by atoms with Crippen LogP contribution in [0.1, 0.15) is 64.8 Å². The van der Waals surface area contributed by atoms with Gasteiger partial charge in [0.15, 0.2) is 6.04 Å². The Bertz CT molecular complexity index is 2610. The van der Waals surface area contributed by atoms with Gasteiger partial charge in [-0.05, 0) is 52.7 Å². The summed E-state index contributed by atoms with van der Waals surface area (Å²) >= 11 is 1.87. The van der Waals surface area contributed by atoms with Crippen LogP contribution in [-0.2, 0) is 47.9 Å². The molecule has 5 heterocycles. The molecule has 0 spiro atoms. The van der Waals surface area contributed by atoms with E-state index in [-0.39, 0.29) is 50.4 Å². The topological polar surface area (TPSA) is 313 Å². The van der Waals surface area contributed by atoms with Gasteiger partial charge in [0.25, 0.3) is 0 Å². The van der Waals surface area contributed by atoms with Gasteiger partial charge in [0.1, 0.15) is 41.0 Å². The number of benzene rings is 2. The number of nitrogens with zero attached hydrogens (tertiary/aromatic N) is 6. The van der Waals surface area contributed by atoms with Crippen LogP contribution in [-0.4, -0.2) is 195 Å². The summed E-state index contributed by atoms with van der Waals surface area (Å²) in [6.45, 7) is 9.71. The number of imide groups is 2. The van der Waals surface area contributed by atoms with Gasteiger partial charge in [-0.1, -0.05) is 60.7 Å². The molecule has 5 fully saturated rings. The monoisotopic (exact) mass is 1030 g/mol. The van der Waals surface area contributed by atoms with Crippen molar-refractivity contribution in [3.05, 3.63) is 71.8 Å². The van der Waals surface area contributed by atoms with Crippen LogP contribution in [0.5, 0.6) is 0 Å². The van der Waals surface area contributed by atoms with Gasteiger partial charge in [-0.3, -0.25) is 48.2 Å². The second kappa shape index (κ2) is 20.5. The average Bonchev–Trinajstić information content (AvgIpc) is 3.78. The van der Waals surface area contributed by atoms with Gasteiger partial charge in [-0.2, -0.15) is 0 Å². The van der Waals surface area contributed by atoms with Crippen LogP contribution in [0.25, 0.3) is 0 Å². The van der Waals surface area contributed by atoms with E-state index in [1.54, 1.807) is 52.0 Å². The zero-order valence-electron chi connectivity index (χ0n) is 39.9. The molecule has 12 amide bonds. The average molecular weight is 1040 g/mol. The quantitative estimate of drug-likeness (QED) is 0.103. The molecule has 0 radical (unpaired) electrons. The maximum atomic E-state index is 15.2. The minimum atomic E-state index is -2.06. The van der Waals surface area contributed by atoms with Crippen LogP contribution in [0.2, 0.25) is 0 Å². The Hall–Kier alpha value is -7.22. The number of nitrogens with one attached hydrogen (secondary N) is 4. The summed E-state index contributed by atoms with van der Waals surface area (Å²) in [7, 11) is 0. The zero-order chi connectivity index (χ0) is 52.7. The Morgan fingerprint density at radius 1 is 0.625 bits per heavy atom. The number of aliphatic carboxylic acids is 2. The van der Waals surface area contributed by atoms with Crippen molar-refractivity contribution in [2.45, 2.75) is 98.0 Å². The van der Waals surface area contributed by atoms with E-state index in [0.29, 0.717) is 9.80 Å². The third-order valence-electron chi connectivity index (χ3n) is 13.1. The fourth-order valence-electron chi connectivity index (χ4n) is 9.46. The molecule has 0 bridgehead atoms. The van der Waals surface area contributed by atoms with Crippen molar-refractivity contribution in [1.29, 1.82) is 0 Å². The molecular weight excluding hydrogens is 981 g/mol. The van der Waals surface area contributed by atoms with Crippen molar-refractivity contribution >= 4 is 94.8 Å². The molecular formula is C46H54N10O14S2. The summed E-state index contributed by atoms with van der Waals surface area (Å²) in [5, 5.41) is 28.9. The summed E-state index contributed by atoms with van der Waals surface area (Å²) < 4.78 is -2.65. The van der Waals surface area contributed by atoms with E-state index in [9.17, 15) is 63.0 Å². The van der Waals surface area contributed by atoms with Crippen LogP contribution < -0.4 is 21.3 Å². The highest BCUT2D eigenvalue weighted by Gasteiger charge is 2.67. The highest BCUT2D eigenvalue weighted by molar-refractivity contribution is 8.02. The standard InChI is InChI=1S/C46H54N10O14S2/c1-7-51-19-21-53(37(63)35(51)61)43(69)49-25(23-15-11-9-12-16-23)31(57)47-27-33(59)55-29(45(3,4)71-39(27)55)34(60)56-30(42(67)68)46(5,6)72-40(56)28(41(65)66)48-32(58)26(24-17-13-10-14-18-24)50-44(70)54-22-20-52(8-2)36(62)38(54)64/h9-18,25-30,39-40H,7-8,19-22H2,1-6H3,(H,47,57)(H,48,58)(H,49,69)(H,50,70)(H,65,66)(H,67,68)/t25-,26-,27-,28?,29+,30+,39-,40?/m1/s1. The summed E-state index contributed by atoms with van der Waals surface area (Å²) in [4.78, 5) is 168. The fraction of sp³-hybridized carbons (Fsp3) is 0.478. The fourth-order valence-corrected chi connectivity index (χ4v) is 12.7. The first kappa shape index (κ1) is 52.6. The SMILES string of the molecule is CCN1CCN(C(=O)N[C@@H](C(=O)NC(C(=O)O)C2SC(C)(C)[C@H](C(=O)O)N2C(=O)[C@@H]2N3C(=O)[C@@H](NC(=O)[C@H](NC(=O)N4CCN(CC)C(=O)C4=O)c4ccccc4)[C@H]3SC2(C)C)c2ccccc2)C(=O)C1=O. The smallest absolute Gasteiger partial charge is 0.329 e.